The maximum atomic E-state index is 13.8. The Bertz CT molecular complexity index is 1260. The fourth-order valence-electron chi connectivity index (χ4n) is 3.12. The van der Waals surface area contributed by atoms with Gasteiger partial charge < -0.3 is 4.74 Å². The van der Waals surface area contributed by atoms with E-state index < -0.39 is 11.8 Å². The van der Waals surface area contributed by atoms with Crippen LogP contribution in [0.2, 0.25) is 0 Å². The molecule has 0 bridgehead atoms. The van der Waals surface area contributed by atoms with Crippen molar-refractivity contribution < 1.29 is 18.7 Å². The van der Waals surface area contributed by atoms with E-state index in [2.05, 4.69) is 20.4 Å². The third kappa shape index (κ3) is 2.70. The highest BCUT2D eigenvalue weighted by Crippen LogP contribution is 2.24. The van der Waals surface area contributed by atoms with Gasteiger partial charge in [-0.1, -0.05) is 6.07 Å². The molecule has 1 aromatic carbocycles. The third-order valence-electron chi connectivity index (χ3n) is 4.33. The number of carbonyl (C=O) groups excluding carboxylic acids is 2. The van der Waals surface area contributed by atoms with Crippen molar-refractivity contribution in [2.45, 2.75) is 20.3 Å². The van der Waals surface area contributed by atoms with E-state index in [1.54, 1.807) is 19.1 Å². The number of hydrogen-bond donors (Lipinski definition) is 0. The van der Waals surface area contributed by atoms with Crippen molar-refractivity contribution in [3.63, 3.8) is 0 Å². The van der Waals surface area contributed by atoms with Crippen LogP contribution in [0.15, 0.2) is 24.3 Å². The van der Waals surface area contributed by atoms with Crippen LogP contribution in [-0.2, 0) is 16.0 Å². The molecule has 142 valence electrons. The molecule has 4 rings (SSSR count). The van der Waals surface area contributed by atoms with E-state index in [0.29, 0.717) is 33.8 Å². The van der Waals surface area contributed by atoms with Crippen molar-refractivity contribution in [2.24, 2.45) is 0 Å². The van der Waals surface area contributed by atoms with Crippen molar-refractivity contribution in [1.29, 1.82) is 0 Å². The number of hydrogen-bond acceptors (Lipinski definition) is 7. The Kier molecular flexibility index (Phi) is 4.10. The second kappa shape index (κ2) is 6.48. The van der Waals surface area contributed by atoms with Gasteiger partial charge in [-0.05, 0) is 32.0 Å². The Morgan fingerprint density at radius 2 is 2.00 bits per heavy atom. The Balaban J connectivity index is 2.10. The lowest BCUT2D eigenvalue weighted by atomic mass is 10.2. The fraction of sp³-hybridized carbons (Fsp3) is 0.222. The largest absolute Gasteiger partial charge is 0.469 e. The van der Waals surface area contributed by atoms with Crippen LogP contribution in [-0.4, -0.2) is 48.5 Å². The number of ketones is 1. The standard InChI is InChI=1S/C18H15FN6O3/c1-9-15(10(2)26)17-21-20-16-13(8-14(27)28-3)23-24(18(16)25(17)22-9)12-6-4-5-11(19)7-12/h4-7H,8H2,1-3H3. The summed E-state index contributed by atoms with van der Waals surface area (Å²) in [5.41, 5.74) is 2.47. The van der Waals surface area contributed by atoms with Crippen LogP contribution in [0.5, 0.6) is 0 Å². The normalized spacial score (nSPS) is 11.3. The number of aromatic nitrogens is 6. The van der Waals surface area contributed by atoms with Crippen molar-refractivity contribution in [3.05, 3.63) is 47.0 Å². The molecule has 0 unspecified atom stereocenters. The van der Waals surface area contributed by atoms with Gasteiger partial charge in [-0.3, -0.25) is 9.59 Å². The molecule has 0 aliphatic rings. The maximum Gasteiger partial charge on any atom is 0.311 e. The van der Waals surface area contributed by atoms with Gasteiger partial charge in [0.1, 0.15) is 11.5 Å². The van der Waals surface area contributed by atoms with E-state index in [0.717, 1.165) is 0 Å². The van der Waals surface area contributed by atoms with Gasteiger partial charge in [-0.25, -0.2) is 9.07 Å². The SMILES string of the molecule is COC(=O)Cc1nn(-c2cccc(F)c2)c2c1nnc1c(C(C)=O)c(C)nn12. The molecule has 3 heterocycles. The molecule has 0 N–H and O–H groups in total. The van der Waals surface area contributed by atoms with Gasteiger partial charge in [0.25, 0.3) is 0 Å². The molecule has 0 amide bonds. The predicted octanol–water partition coefficient (Wildman–Crippen LogP) is 1.83. The highest BCUT2D eigenvalue weighted by atomic mass is 19.1. The van der Waals surface area contributed by atoms with E-state index in [1.807, 2.05) is 0 Å². The highest BCUT2D eigenvalue weighted by molar-refractivity contribution is 6.01. The first kappa shape index (κ1) is 17.7. The molecular weight excluding hydrogens is 367 g/mol. The number of Topliss-reactive ketones (excluding diaryl/α,β-unsaturated/α-hetero) is 1. The summed E-state index contributed by atoms with van der Waals surface area (Å²) in [7, 11) is 1.27. The average molecular weight is 382 g/mol. The maximum absolute atomic E-state index is 13.8. The zero-order valence-electron chi connectivity index (χ0n) is 15.3. The van der Waals surface area contributed by atoms with Gasteiger partial charge in [-0.15, -0.1) is 10.2 Å². The van der Waals surface area contributed by atoms with Crippen LogP contribution in [0.4, 0.5) is 4.39 Å². The Hall–Kier alpha value is -3.69. The second-order valence-electron chi connectivity index (χ2n) is 6.22. The van der Waals surface area contributed by atoms with Crippen molar-refractivity contribution in [2.75, 3.05) is 7.11 Å². The molecule has 0 spiro atoms. The smallest absolute Gasteiger partial charge is 0.311 e. The summed E-state index contributed by atoms with van der Waals surface area (Å²) in [6, 6.07) is 5.81. The lowest BCUT2D eigenvalue weighted by Gasteiger charge is -2.04. The van der Waals surface area contributed by atoms with Gasteiger partial charge in [0.2, 0.25) is 0 Å². The van der Waals surface area contributed by atoms with Crippen molar-refractivity contribution >= 4 is 28.6 Å². The quantitative estimate of drug-likeness (QED) is 0.392. The molecule has 0 fully saturated rings. The minimum Gasteiger partial charge on any atom is -0.469 e. The minimum absolute atomic E-state index is 0.144. The Labute approximate surface area is 157 Å². The number of benzene rings is 1. The lowest BCUT2D eigenvalue weighted by molar-refractivity contribution is -0.139. The van der Waals surface area contributed by atoms with Gasteiger partial charge in [0, 0.05) is 0 Å². The molecule has 0 aliphatic carbocycles. The first-order valence-electron chi connectivity index (χ1n) is 8.38. The van der Waals surface area contributed by atoms with Crippen LogP contribution in [0, 0.1) is 12.7 Å². The molecule has 10 heteroatoms. The summed E-state index contributed by atoms with van der Waals surface area (Å²) >= 11 is 0. The first-order valence-corrected chi connectivity index (χ1v) is 8.38. The number of aryl methyl sites for hydroxylation is 1. The number of carbonyl (C=O) groups is 2. The zero-order valence-corrected chi connectivity index (χ0v) is 15.3. The van der Waals surface area contributed by atoms with E-state index in [9.17, 15) is 14.0 Å². The number of halogens is 1. The van der Waals surface area contributed by atoms with Crippen molar-refractivity contribution in [3.8, 4) is 5.69 Å². The lowest BCUT2D eigenvalue weighted by Crippen LogP contribution is -2.06. The Morgan fingerprint density at radius 1 is 1.21 bits per heavy atom. The number of rotatable bonds is 4. The molecule has 4 aromatic rings. The van der Waals surface area contributed by atoms with Crippen LogP contribution >= 0.6 is 0 Å². The molecule has 0 saturated carbocycles. The molecule has 28 heavy (non-hydrogen) atoms. The van der Waals surface area contributed by atoms with Gasteiger partial charge in [-0.2, -0.15) is 14.7 Å². The molecule has 0 radical (unpaired) electrons. The molecule has 3 aromatic heterocycles. The summed E-state index contributed by atoms with van der Waals surface area (Å²) in [5, 5.41) is 17.1. The van der Waals surface area contributed by atoms with Gasteiger partial charge in [0.15, 0.2) is 22.6 Å². The number of nitrogens with zero attached hydrogens (tertiary/aromatic N) is 6. The molecule has 0 saturated heterocycles. The number of esters is 1. The van der Waals surface area contributed by atoms with E-state index in [-0.39, 0.29) is 17.9 Å². The van der Waals surface area contributed by atoms with E-state index in [1.165, 1.54) is 35.4 Å². The van der Waals surface area contributed by atoms with Gasteiger partial charge >= 0.3 is 5.97 Å². The summed E-state index contributed by atoms with van der Waals surface area (Å²) in [5.74, 6) is -1.16. The molecule has 0 aliphatic heterocycles. The van der Waals surface area contributed by atoms with Crippen LogP contribution < -0.4 is 0 Å². The summed E-state index contributed by atoms with van der Waals surface area (Å²) in [6.45, 7) is 3.11. The van der Waals surface area contributed by atoms with E-state index >= 15 is 0 Å². The number of fused-ring (bicyclic) bond motifs is 3. The summed E-state index contributed by atoms with van der Waals surface area (Å²) in [4.78, 5) is 23.8. The summed E-state index contributed by atoms with van der Waals surface area (Å²) < 4.78 is 21.4. The van der Waals surface area contributed by atoms with E-state index in [4.69, 9.17) is 4.74 Å². The number of ether oxygens (including phenoxy) is 1. The molecular formula is C18H15FN6O3. The van der Waals surface area contributed by atoms with Crippen LogP contribution in [0.25, 0.3) is 22.5 Å². The monoisotopic (exact) mass is 382 g/mol. The summed E-state index contributed by atoms with van der Waals surface area (Å²) in [6.07, 6.45) is -0.144. The fourth-order valence-corrected chi connectivity index (χ4v) is 3.12. The first-order chi connectivity index (χ1) is 13.4. The topological polar surface area (TPSA) is 104 Å². The zero-order chi connectivity index (χ0) is 20.0. The van der Waals surface area contributed by atoms with Gasteiger partial charge in [0.05, 0.1) is 30.5 Å². The average Bonchev–Trinajstić information content (AvgIpc) is 3.18. The second-order valence-corrected chi connectivity index (χ2v) is 6.22. The van der Waals surface area contributed by atoms with Crippen LogP contribution in [0.3, 0.4) is 0 Å². The Morgan fingerprint density at radius 3 is 2.68 bits per heavy atom. The number of methoxy groups -OCH3 is 1. The predicted molar refractivity (Wildman–Crippen MR) is 95.8 cm³/mol. The van der Waals surface area contributed by atoms with Crippen LogP contribution in [0.1, 0.15) is 28.7 Å². The third-order valence-corrected chi connectivity index (χ3v) is 4.33. The minimum atomic E-state index is -0.506. The van der Waals surface area contributed by atoms with Crippen molar-refractivity contribution in [1.82, 2.24) is 29.6 Å². The molecule has 9 nitrogen and oxygen atoms in total. The highest BCUT2D eigenvalue weighted by Gasteiger charge is 2.24. The molecule has 0 atom stereocenters.